The lowest BCUT2D eigenvalue weighted by molar-refractivity contribution is -0.117. The molecule has 0 spiro atoms. The first-order valence-corrected chi connectivity index (χ1v) is 14.9. The molecule has 1 atom stereocenters. The molecular formula is C28H35FN4O8S. The van der Waals surface area contributed by atoms with Gasteiger partial charge in [-0.3, -0.25) is 9.69 Å². The second-order valence-corrected chi connectivity index (χ2v) is 13.2. The van der Waals surface area contributed by atoms with Crippen molar-refractivity contribution in [1.29, 1.82) is 0 Å². The van der Waals surface area contributed by atoms with E-state index in [1.165, 1.54) is 11.0 Å². The topological polar surface area (TPSA) is 146 Å². The predicted octanol–water partition coefficient (Wildman–Crippen LogP) is 3.89. The number of fused-ring (bicyclic) bond motifs is 1. The van der Waals surface area contributed by atoms with Gasteiger partial charge in [-0.2, -0.15) is 8.42 Å². The van der Waals surface area contributed by atoms with E-state index in [0.717, 1.165) is 4.90 Å². The van der Waals surface area contributed by atoms with Crippen LogP contribution in [0.5, 0.6) is 5.75 Å². The van der Waals surface area contributed by atoms with Gasteiger partial charge in [0.05, 0.1) is 11.7 Å². The molecule has 228 valence electrons. The number of carbonyl (C=O) groups excluding carboxylic acids is 2. The zero-order valence-electron chi connectivity index (χ0n) is 24.1. The highest BCUT2D eigenvalue weighted by molar-refractivity contribution is 7.92. The van der Waals surface area contributed by atoms with Crippen molar-refractivity contribution in [3.8, 4) is 5.75 Å². The Morgan fingerprint density at radius 2 is 1.88 bits per heavy atom. The Morgan fingerprint density at radius 1 is 1.21 bits per heavy atom. The number of carbonyl (C=O) groups is 3. The second-order valence-electron chi connectivity index (χ2n) is 11.6. The Hall–Kier alpha value is -4.07. The van der Waals surface area contributed by atoms with Crippen molar-refractivity contribution >= 4 is 39.7 Å². The number of benzene rings is 2. The molecule has 0 bridgehead atoms. The highest BCUT2D eigenvalue weighted by Gasteiger charge is 2.44. The van der Waals surface area contributed by atoms with E-state index in [2.05, 4.69) is 0 Å². The number of amides is 3. The molecule has 4 rings (SSSR count). The van der Waals surface area contributed by atoms with Crippen LogP contribution in [-0.4, -0.2) is 67.8 Å². The van der Waals surface area contributed by atoms with E-state index in [1.807, 2.05) is 18.6 Å². The third-order valence-corrected chi connectivity index (χ3v) is 7.91. The van der Waals surface area contributed by atoms with Gasteiger partial charge < -0.3 is 19.5 Å². The van der Waals surface area contributed by atoms with Crippen LogP contribution in [0.3, 0.4) is 0 Å². The van der Waals surface area contributed by atoms with Crippen LogP contribution >= 0.6 is 0 Å². The first-order valence-electron chi connectivity index (χ1n) is 13.4. The van der Waals surface area contributed by atoms with Crippen molar-refractivity contribution in [3.05, 3.63) is 53.3 Å². The molecule has 12 nitrogen and oxygen atoms in total. The number of carboxylic acid groups (broad SMARTS) is 1. The van der Waals surface area contributed by atoms with Crippen molar-refractivity contribution in [2.24, 2.45) is 5.92 Å². The smallest absolute Gasteiger partial charge is 0.412 e. The average Bonchev–Trinajstić information content (AvgIpc) is 3.36. The third-order valence-electron chi connectivity index (χ3n) is 6.53. The highest BCUT2D eigenvalue weighted by Crippen LogP contribution is 2.45. The maximum atomic E-state index is 16.4. The van der Waals surface area contributed by atoms with Gasteiger partial charge in [-0.15, -0.1) is 0 Å². The summed E-state index contributed by atoms with van der Waals surface area (Å²) in [4.78, 5) is 39.9. The molecule has 2 N–H and O–H groups in total. The minimum absolute atomic E-state index is 0.0197. The van der Waals surface area contributed by atoms with Gasteiger partial charge in [0.25, 0.3) is 5.91 Å². The molecule has 2 aliphatic rings. The summed E-state index contributed by atoms with van der Waals surface area (Å²) in [5.41, 5.74) is -0.720. The number of halogens is 1. The van der Waals surface area contributed by atoms with Crippen molar-refractivity contribution in [2.45, 2.75) is 59.3 Å². The van der Waals surface area contributed by atoms with Crippen LogP contribution in [0.4, 0.5) is 25.4 Å². The Bertz CT molecular complexity index is 1480. The minimum Gasteiger partial charge on any atom is -0.487 e. The standard InChI is InChI=1S/C28H35FN4O8S/c1-17(2)13-31(27(37)41-28(3,4)5)14-19-11-20-21(33(19)26(35)36)12-22(40-16-18-9-7-6-8-10-18)25(24(20)29)32-15-23(34)30-42(32,38)39/h6-10,12,17,19H,11,13-16H2,1-5H3,(H,30,34)(H,35,36)/t19-/m0/s1. The highest BCUT2D eigenvalue weighted by atomic mass is 32.2. The van der Waals surface area contributed by atoms with Gasteiger partial charge in [0.2, 0.25) is 0 Å². The Labute approximate surface area is 244 Å². The summed E-state index contributed by atoms with van der Waals surface area (Å²) in [6, 6.07) is 9.18. The van der Waals surface area contributed by atoms with Crippen molar-refractivity contribution in [2.75, 3.05) is 28.8 Å². The molecule has 0 saturated carbocycles. The van der Waals surface area contributed by atoms with Crippen molar-refractivity contribution in [1.82, 2.24) is 9.62 Å². The van der Waals surface area contributed by atoms with Crippen LogP contribution < -0.4 is 18.7 Å². The lowest BCUT2D eigenvalue weighted by Crippen LogP contribution is -2.48. The molecular weight excluding hydrogens is 571 g/mol. The van der Waals surface area contributed by atoms with Crippen LogP contribution in [0.15, 0.2) is 36.4 Å². The summed E-state index contributed by atoms with van der Waals surface area (Å²) in [6.45, 7) is 8.33. The first-order chi connectivity index (χ1) is 19.6. The van der Waals surface area contributed by atoms with Crippen LogP contribution in [0.1, 0.15) is 45.7 Å². The van der Waals surface area contributed by atoms with Crippen molar-refractivity contribution in [3.63, 3.8) is 0 Å². The van der Waals surface area contributed by atoms with Gasteiger partial charge in [-0.05, 0) is 32.3 Å². The number of hydrogen-bond acceptors (Lipinski definition) is 7. The van der Waals surface area contributed by atoms with Gasteiger partial charge in [0, 0.05) is 31.1 Å². The number of nitrogens with zero attached hydrogens (tertiary/aromatic N) is 3. The molecule has 2 aromatic rings. The number of rotatable bonds is 8. The van der Waals surface area contributed by atoms with Gasteiger partial charge in [-0.25, -0.2) is 23.0 Å². The summed E-state index contributed by atoms with van der Waals surface area (Å²) in [6.07, 6.45) is -2.19. The zero-order chi connectivity index (χ0) is 31.0. The van der Waals surface area contributed by atoms with Gasteiger partial charge in [-0.1, -0.05) is 44.2 Å². The van der Waals surface area contributed by atoms with E-state index >= 15 is 4.39 Å². The molecule has 1 fully saturated rings. The molecule has 1 saturated heterocycles. The first kappa shape index (κ1) is 30.9. The maximum absolute atomic E-state index is 16.4. The van der Waals surface area contributed by atoms with E-state index in [9.17, 15) is 27.9 Å². The van der Waals surface area contributed by atoms with Gasteiger partial charge in [0.1, 0.15) is 30.2 Å². The number of hydrogen-bond donors (Lipinski definition) is 2. The predicted molar refractivity (Wildman–Crippen MR) is 152 cm³/mol. The van der Waals surface area contributed by atoms with E-state index < -0.39 is 58.0 Å². The van der Waals surface area contributed by atoms with E-state index in [1.54, 1.807) is 51.1 Å². The van der Waals surface area contributed by atoms with E-state index in [4.69, 9.17) is 9.47 Å². The molecule has 0 unspecified atom stereocenters. The number of nitrogens with one attached hydrogen (secondary N) is 1. The Kier molecular flexibility index (Phi) is 8.58. The fraction of sp³-hybridized carbons (Fsp3) is 0.464. The lowest BCUT2D eigenvalue weighted by atomic mass is 10.1. The van der Waals surface area contributed by atoms with Crippen LogP contribution in [0.2, 0.25) is 0 Å². The summed E-state index contributed by atoms with van der Waals surface area (Å²) in [7, 11) is -4.42. The molecule has 0 radical (unpaired) electrons. The Morgan fingerprint density at radius 3 is 2.43 bits per heavy atom. The maximum Gasteiger partial charge on any atom is 0.412 e. The van der Waals surface area contributed by atoms with Crippen LogP contribution in [0.25, 0.3) is 0 Å². The summed E-state index contributed by atoms with van der Waals surface area (Å²) >= 11 is 0. The molecule has 3 amide bonds. The Balaban J connectivity index is 1.77. The largest absolute Gasteiger partial charge is 0.487 e. The minimum atomic E-state index is -4.42. The second kappa shape index (κ2) is 11.7. The summed E-state index contributed by atoms with van der Waals surface area (Å²) < 4.78 is 55.6. The average molecular weight is 607 g/mol. The monoisotopic (exact) mass is 606 g/mol. The quantitative estimate of drug-likeness (QED) is 0.460. The van der Waals surface area contributed by atoms with Crippen LogP contribution in [0, 0.1) is 11.7 Å². The fourth-order valence-electron chi connectivity index (χ4n) is 4.95. The number of ether oxygens (including phenoxy) is 2. The molecule has 2 aromatic carbocycles. The van der Waals surface area contributed by atoms with Crippen LogP contribution in [-0.2, 0) is 32.8 Å². The van der Waals surface area contributed by atoms with E-state index in [0.29, 0.717) is 9.87 Å². The normalized spacial score (nSPS) is 17.7. The zero-order valence-corrected chi connectivity index (χ0v) is 24.9. The molecule has 2 heterocycles. The molecule has 14 heteroatoms. The summed E-state index contributed by atoms with van der Waals surface area (Å²) in [5.74, 6) is -2.12. The molecule has 42 heavy (non-hydrogen) atoms. The molecule has 0 aliphatic carbocycles. The summed E-state index contributed by atoms with van der Waals surface area (Å²) in [5, 5.41) is 10.2. The molecule has 0 aromatic heterocycles. The van der Waals surface area contributed by atoms with Crippen molar-refractivity contribution < 1.29 is 41.8 Å². The molecule has 2 aliphatic heterocycles. The van der Waals surface area contributed by atoms with Gasteiger partial charge >= 0.3 is 22.4 Å². The fourth-order valence-corrected chi connectivity index (χ4v) is 6.11. The van der Waals surface area contributed by atoms with E-state index in [-0.39, 0.29) is 49.0 Å². The number of anilines is 2. The SMILES string of the molecule is CC(C)CN(C[C@@H]1Cc2c(cc(OCc3ccccc3)c(N3CC(=O)NS3(=O)=O)c2F)N1C(=O)O)C(=O)OC(C)(C)C. The third kappa shape index (κ3) is 6.69. The lowest BCUT2D eigenvalue weighted by Gasteiger charge is -2.32. The van der Waals surface area contributed by atoms with Gasteiger partial charge in [0.15, 0.2) is 5.82 Å².